The SMILES string of the molecule is CN(CCC1CCN(c2cccc3c2C(=O)N(C2CCC(=O)NC2=O)C3=O)CC1)C(=O)OCc1ccccc1. The molecule has 204 valence electrons. The lowest BCUT2D eigenvalue weighted by atomic mass is 9.92. The zero-order valence-corrected chi connectivity index (χ0v) is 21.9. The van der Waals surface area contributed by atoms with Crippen LogP contribution < -0.4 is 10.2 Å². The number of piperidine rings is 2. The molecule has 0 bridgehead atoms. The monoisotopic (exact) mass is 532 g/mol. The molecule has 39 heavy (non-hydrogen) atoms. The molecule has 2 aromatic rings. The molecule has 1 atom stereocenters. The third kappa shape index (κ3) is 5.50. The van der Waals surface area contributed by atoms with E-state index in [1.165, 1.54) is 0 Å². The number of hydrogen-bond acceptors (Lipinski definition) is 7. The summed E-state index contributed by atoms with van der Waals surface area (Å²) in [6, 6.07) is 13.8. The van der Waals surface area contributed by atoms with Crippen LogP contribution in [-0.4, -0.2) is 72.2 Å². The maximum atomic E-state index is 13.4. The molecule has 3 heterocycles. The van der Waals surface area contributed by atoms with E-state index in [2.05, 4.69) is 10.2 Å². The summed E-state index contributed by atoms with van der Waals surface area (Å²) in [5, 5.41) is 2.23. The predicted octanol–water partition coefficient (Wildman–Crippen LogP) is 2.96. The second kappa shape index (κ2) is 11.3. The Morgan fingerprint density at radius 2 is 1.72 bits per heavy atom. The highest BCUT2D eigenvalue weighted by atomic mass is 16.6. The Hall–Kier alpha value is -4.21. The summed E-state index contributed by atoms with van der Waals surface area (Å²) < 4.78 is 5.40. The summed E-state index contributed by atoms with van der Waals surface area (Å²) in [4.78, 5) is 67.6. The Balaban J connectivity index is 1.16. The molecular formula is C29H32N4O6. The first-order chi connectivity index (χ1) is 18.8. The van der Waals surface area contributed by atoms with Crippen LogP contribution in [-0.2, 0) is 20.9 Å². The molecule has 5 rings (SSSR count). The first kappa shape index (κ1) is 26.4. The summed E-state index contributed by atoms with van der Waals surface area (Å²) in [6.45, 7) is 2.26. The third-order valence-corrected chi connectivity index (χ3v) is 7.79. The number of nitrogens with zero attached hydrogens (tertiary/aromatic N) is 3. The Labute approximate surface area is 226 Å². The van der Waals surface area contributed by atoms with Crippen LogP contribution in [0.1, 0.15) is 58.4 Å². The smallest absolute Gasteiger partial charge is 0.409 e. The molecule has 10 nitrogen and oxygen atoms in total. The normalized spacial score (nSPS) is 19.7. The highest BCUT2D eigenvalue weighted by molar-refractivity contribution is 6.25. The van der Waals surface area contributed by atoms with E-state index in [0.29, 0.717) is 42.4 Å². The summed E-state index contributed by atoms with van der Waals surface area (Å²) in [5.74, 6) is -1.58. The first-order valence-corrected chi connectivity index (χ1v) is 13.3. The molecule has 0 radical (unpaired) electrons. The van der Waals surface area contributed by atoms with Gasteiger partial charge in [-0.25, -0.2) is 4.79 Å². The maximum absolute atomic E-state index is 13.4. The van der Waals surface area contributed by atoms with Gasteiger partial charge < -0.3 is 14.5 Å². The van der Waals surface area contributed by atoms with Crippen LogP contribution >= 0.6 is 0 Å². The van der Waals surface area contributed by atoms with Gasteiger partial charge in [0.25, 0.3) is 11.8 Å². The van der Waals surface area contributed by atoms with Crippen molar-refractivity contribution in [3.63, 3.8) is 0 Å². The average Bonchev–Trinajstić information content (AvgIpc) is 3.21. The lowest BCUT2D eigenvalue weighted by Crippen LogP contribution is -2.54. The topological polar surface area (TPSA) is 116 Å². The lowest BCUT2D eigenvalue weighted by molar-refractivity contribution is -0.136. The fourth-order valence-electron chi connectivity index (χ4n) is 5.52. The molecule has 2 fully saturated rings. The first-order valence-electron chi connectivity index (χ1n) is 13.3. The van der Waals surface area contributed by atoms with Crippen LogP contribution in [0.15, 0.2) is 48.5 Å². The van der Waals surface area contributed by atoms with Gasteiger partial charge in [0.2, 0.25) is 11.8 Å². The second-order valence-electron chi connectivity index (χ2n) is 10.3. The second-order valence-corrected chi connectivity index (χ2v) is 10.3. The van der Waals surface area contributed by atoms with Crippen molar-refractivity contribution in [1.29, 1.82) is 0 Å². The van der Waals surface area contributed by atoms with Gasteiger partial charge in [-0.3, -0.25) is 29.4 Å². The summed E-state index contributed by atoms with van der Waals surface area (Å²) in [6.07, 6.45) is 2.48. The van der Waals surface area contributed by atoms with Gasteiger partial charge in [0, 0.05) is 33.1 Å². The average molecular weight is 533 g/mol. The number of nitrogens with one attached hydrogen (secondary N) is 1. The van der Waals surface area contributed by atoms with E-state index in [1.807, 2.05) is 36.4 Å². The zero-order valence-electron chi connectivity index (χ0n) is 21.9. The number of ether oxygens (including phenoxy) is 1. The van der Waals surface area contributed by atoms with E-state index in [9.17, 15) is 24.0 Å². The van der Waals surface area contributed by atoms with Crippen LogP contribution in [0.4, 0.5) is 10.5 Å². The van der Waals surface area contributed by atoms with Gasteiger partial charge in [-0.15, -0.1) is 0 Å². The van der Waals surface area contributed by atoms with Gasteiger partial charge in [-0.1, -0.05) is 36.4 Å². The molecule has 3 aliphatic rings. The minimum absolute atomic E-state index is 0.0874. The fourth-order valence-corrected chi connectivity index (χ4v) is 5.52. The highest BCUT2D eigenvalue weighted by Crippen LogP contribution is 2.36. The maximum Gasteiger partial charge on any atom is 0.409 e. The lowest BCUT2D eigenvalue weighted by Gasteiger charge is -2.35. The zero-order chi connectivity index (χ0) is 27.5. The Kier molecular flexibility index (Phi) is 7.63. The van der Waals surface area contributed by atoms with E-state index in [4.69, 9.17) is 4.74 Å². The molecule has 5 amide bonds. The van der Waals surface area contributed by atoms with Gasteiger partial charge in [-0.05, 0) is 49.3 Å². The van der Waals surface area contributed by atoms with Crippen molar-refractivity contribution >= 4 is 35.4 Å². The van der Waals surface area contributed by atoms with Crippen LogP contribution in [0.3, 0.4) is 0 Å². The van der Waals surface area contributed by atoms with Gasteiger partial charge in [0.15, 0.2) is 0 Å². The van der Waals surface area contributed by atoms with Crippen molar-refractivity contribution < 1.29 is 28.7 Å². The molecule has 2 saturated heterocycles. The Morgan fingerprint density at radius 3 is 2.44 bits per heavy atom. The number of carbonyl (C=O) groups is 5. The quantitative estimate of drug-likeness (QED) is 0.545. The summed E-state index contributed by atoms with van der Waals surface area (Å²) in [7, 11) is 1.74. The van der Waals surface area contributed by atoms with Crippen molar-refractivity contribution in [3.05, 3.63) is 65.2 Å². The van der Waals surface area contributed by atoms with Crippen molar-refractivity contribution in [2.24, 2.45) is 5.92 Å². The predicted molar refractivity (Wildman–Crippen MR) is 142 cm³/mol. The molecular weight excluding hydrogens is 500 g/mol. The standard InChI is InChI=1S/C29H32N4O6/c1-31(29(38)39-18-20-6-3-2-4-7-20)15-12-19-13-16-32(17-14-19)22-9-5-8-21-25(22)28(37)33(27(21)36)23-10-11-24(34)30-26(23)35/h2-9,19,23H,10-18H2,1H3,(H,30,34,35). The minimum atomic E-state index is -0.981. The number of anilines is 1. The van der Waals surface area contributed by atoms with E-state index in [1.54, 1.807) is 24.1 Å². The van der Waals surface area contributed by atoms with Crippen molar-refractivity contribution in [3.8, 4) is 0 Å². The Morgan fingerprint density at radius 1 is 0.974 bits per heavy atom. The van der Waals surface area contributed by atoms with Gasteiger partial charge in [0.1, 0.15) is 12.6 Å². The number of imide groups is 2. The number of benzene rings is 2. The van der Waals surface area contributed by atoms with Crippen molar-refractivity contribution in [1.82, 2.24) is 15.1 Å². The number of carbonyl (C=O) groups excluding carboxylic acids is 5. The van der Waals surface area contributed by atoms with Crippen molar-refractivity contribution in [2.45, 2.75) is 44.8 Å². The molecule has 0 saturated carbocycles. The summed E-state index contributed by atoms with van der Waals surface area (Å²) >= 11 is 0. The number of fused-ring (bicyclic) bond motifs is 1. The molecule has 0 spiro atoms. The van der Waals surface area contributed by atoms with E-state index in [0.717, 1.165) is 29.7 Å². The molecule has 2 aromatic carbocycles. The van der Waals surface area contributed by atoms with Crippen LogP contribution in [0.2, 0.25) is 0 Å². The summed E-state index contributed by atoms with van der Waals surface area (Å²) in [5.41, 5.74) is 2.26. The third-order valence-electron chi connectivity index (χ3n) is 7.79. The molecule has 10 heteroatoms. The van der Waals surface area contributed by atoms with E-state index >= 15 is 0 Å². The molecule has 1 unspecified atom stereocenters. The van der Waals surface area contributed by atoms with Crippen molar-refractivity contribution in [2.75, 3.05) is 31.6 Å². The van der Waals surface area contributed by atoms with Gasteiger partial charge in [0.05, 0.1) is 16.8 Å². The van der Waals surface area contributed by atoms with Gasteiger partial charge >= 0.3 is 6.09 Å². The highest BCUT2D eigenvalue weighted by Gasteiger charge is 2.46. The largest absolute Gasteiger partial charge is 0.445 e. The molecule has 3 aliphatic heterocycles. The number of rotatable bonds is 7. The van der Waals surface area contributed by atoms with Crippen LogP contribution in [0, 0.1) is 5.92 Å². The van der Waals surface area contributed by atoms with E-state index in [-0.39, 0.29) is 25.5 Å². The molecule has 1 N–H and O–H groups in total. The minimum Gasteiger partial charge on any atom is -0.445 e. The molecule has 0 aliphatic carbocycles. The fraction of sp³-hybridized carbons (Fsp3) is 0.414. The van der Waals surface area contributed by atoms with Gasteiger partial charge in [-0.2, -0.15) is 0 Å². The van der Waals surface area contributed by atoms with Crippen LogP contribution in [0.5, 0.6) is 0 Å². The number of amides is 5. The van der Waals surface area contributed by atoms with Crippen LogP contribution in [0.25, 0.3) is 0 Å². The number of hydrogen-bond donors (Lipinski definition) is 1. The van der Waals surface area contributed by atoms with E-state index < -0.39 is 29.7 Å². The Bertz CT molecular complexity index is 1290. The molecule has 0 aromatic heterocycles.